The van der Waals surface area contributed by atoms with Gasteiger partial charge >= 0.3 is 0 Å². The Morgan fingerprint density at radius 1 is 1.35 bits per heavy atom. The van der Waals surface area contributed by atoms with Crippen LogP contribution < -0.4 is 5.32 Å². The molecule has 2 aliphatic rings. The number of hydrogen-bond acceptors (Lipinski definition) is 3. The quantitative estimate of drug-likeness (QED) is 0.933. The maximum Gasteiger partial charge on any atom is 0.125 e. The number of nitrogens with one attached hydrogen (secondary N) is 1. The minimum atomic E-state index is -0.196. The van der Waals surface area contributed by atoms with Crippen molar-refractivity contribution in [3.8, 4) is 0 Å². The lowest BCUT2D eigenvalue weighted by molar-refractivity contribution is 0.187. The normalized spacial score (nSPS) is 26.5. The lowest BCUT2D eigenvalue weighted by atomic mass is 10.0. The highest BCUT2D eigenvalue weighted by molar-refractivity contribution is 5.76. The summed E-state index contributed by atoms with van der Waals surface area (Å²) < 4.78 is 21.4. The van der Waals surface area contributed by atoms with Gasteiger partial charge in [-0.25, -0.2) is 9.37 Å². The molecule has 106 valence electrons. The molecular weight excluding hydrogens is 257 g/mol. The number of benzene rings is 1. The number of halogens is 1. The van der Waals surface area contributed by atoms with E-state index in [1.54, 1.807) is 12.1 Å². The maximum absolute atomic E-state index is 13.6. The summed E-state index contributed by atoms with van der Waals surface area (Å²) in [7, 11) is 1.95. The molecule has 1 aliphatic heterocycles. The van der Waals surface area contributed by atoms with Crippen LogP contribution in [0.25, 0.3) is 11.0 Å². The highest BCUT2D eigenvalue weighted by Gasteiger charge is 2.36. The number of ether oxygens (including phenoxy) is 1. The van der Waals surface area contributed by atoms with Crippen LogP contribution in [0.4, 0.5) is 4.39 Å². The Labute approximate surface area is 116 Å². The van der Waals surface area contributed by atoms with Crippen LogP contribution in [0.15, 0.2) is 18.2 Å². The van der Waals surface area contributed by atoms with Crippen LogP contribution in [0.3, 0.4) is 0 Å². The third-order valence-corrected chi connectivity index (χ3v) is 4.37. The van der Waals surface area contributed by atoms with Crippen LogP contribution >= 0.6 is 0 Å². The molecule has 4 nitrogen and oxygen atoms in total. The number of imidazole rings is 1. The van der Waals surface area contributed by atoms with Crippen molar-refractivity contribution in [3.05, 3.63) is 29.8 Å². The van der Waals surface area contributed by atoms with Gasteiger partial charge in [0.05, 0.1) is 30.2 Å². The summed E-state index contributed by atoms with van der Waals surface area (Å²) in [5.74, 6) is 1.10. The zero-order valence-corrected chi connectivity index (χ0v) is 11.5. The van der Waals surface area contributed by atoms with Gasteiger partial charge in [-0.05, 0) is 38.1 Å². The largest absolute Gasteiger partial charge is 0.379 e. The van der Waals surface area contributed by atoms with E-state index in [9.17, 15) is 4.39 Å². The zero-order valence-electron chi connectivity index (χ0n) is 11.5. The minimum absolute atomic E-state index is 0.196. The summed E-state index contributed by atoms with van der Waals surface area (Å²) in [4.78, 5) is 4.77. The van der Waals surface area contributed by atoms with Crippen molar-refractivity contribution in [2.24, 2.45) is 0 Å². The van der Waals surface area contributed by atoms with Crippen LogP contribution in [-0.4, -0.2) is 35.9 Å². The highest BCUT2D eigenvalue weighted by Crippen LogP contribution is 2.41. The van der Waals surface area contributed by atoms with Crippen LogP contribution in [0.2, 0.25) is 0 Å². The zero-order chi connectivity index (χ0) is 13.7. The summed E-state index contributed by atoms with van der Waals surface area (Å²) in [5, 5.41) is 3.30. The molecule has 1 saturated heterocycles. The second kappa shape index (κ2) is 4.53. The van der Waals surface area contributed by atoms with E-state index < -0.39 is 0 Å². The first-order valence-corrected chi connectivity index (χ1v) is 7.20. The van der Waals surface area contributed by atoms with Crippen molar-refractivity contribution in [1.29, 1.82) is 0 Å². The monoisotopic (exact) mass is 275 g/mol. The van der Waals surface area contributed by atoms with E-state index in [1.807, 2.05) is 7.05 Å². The van der Waals surface area contributed by atoms with Gasteiger partial charge in [-0.2, -0.15) is 0 Å². The van der Waals surface area contributed by atoms with Gasteiger partial charge in [-0.1, -0.05) is 0 Å². The van der Waals surface area contributed by atoms with Gasteiger partial charge in [0.25, 0.3) is 0 Å². The fourth-order valence-corrected chi connectivity index (χ4v) is 3.16. The third kappa shape index (κ3) is 1.84. The number of likely N-dealkylation sites (N-methyl/N-ethyl adjacent to an activating group) is 1. The maximum atomic E-state index is 13.6. The van der Waals surface area contributed by atoms with E-state index in [1.165, 1.54) is 6.07 Å². The molecule has 4 rings (SSSR count). The van der Waals surface area contributed by atoms with Crippen molar-refractivity contribution in [3.63, 3.8) is 0 Å². The predicted octanol–water partition coefficient (Wildman–Crippen LogP) is 2.21. The van der Waals surface area contributed by atoms with Gasteiger partial charge in [-0.15, -0.1) is 0 Å². The van der Waals surface area contributed by atoms with E-state index in [-0.39, 0.29) is 17.8 Å². The Morgan fingerprint density at radius 3 is 2.95 bits per heavy atom. The van der Waals surface area contributed by atoms with E-state index in [2.05, 4.69) is 9.88 Å². The average Bonchev–Trinajstić information content (AvgIpc) is 3.05. The van der Waals surface area contributed by atoms with Gasteiger partial charge < -0.3 is 14.6 Å². The molecule has 1 aliphatic carbocycles. The van der Waals surface area contributed by atoms with Gasteiger partial charge in [0.2, 0.25) is 0 Å². The molecule has 2 unspecified atom stereocenters. The van der Waals surface area contributed by atoms with Gasteiger partial charge in [0.15, 0.2) is 0 Å². The molecule has 20 heavy (non-hydrogen) atoms. The lowest BCUT2D eigenvalue weighted by Crippen LogP contribution is -2.32. The summed E-state index contributed by atoms with van der Waals surface area (Å²) in [6.07, 6.45) is 2.32. The summed E-state index contributed by atoms with van der Waals surface area (Å²) in [6.45, 7) is 1.40. The number of fused-ring (bicyclic) bond motifs is 1. The Balaban J connectivity index is 1.87. The highest BCUT2D eigenvalue weighted by atomic mass is 19.1. The number of rotatable bonds is 3. The number of hydrogen-bond donors (Lipinski definition) is 1. The molecule has 0 bridgehead atoms. The molecule has 2 aromatic rings. The first-order valence-electron chi connectivity index (χ1n) is 7.20. The van der Waals surface area contributed by atoms with E-state index >= 15 is 0 Å². The van der Waals surface area contributed by atoms with Crippen molar-refractivity contribution in [2.75, 3.05) is 20.3 Å². The Bertz CT molecular complexity index is 650. The lowest BCUT2D eigenvalue weighted by Gasteiger charge is -2.18. The molecule has 0 spiro atoms. The molecule has 5 heteroatoms. The second-order valence-electron chi connectivity index (χ2n) is 5.74. The minimum Gasteiger partial charge on any atom is -0.379 e. The SMILES string of the molecule is CNC1COCC1c1nc2ccc(F)cc2n1C1CC1. The standard InChI is InChI=1S/C15H18FN3O/c1-17-13-8-20-7-11(13)15-18-12-5-2-9(16)6-14(12)19(15)10-3-4-10/h2,5-6,10-11,13,17H,3-4,7-8H2,1H3. The molecule has 2 fully saturated rings. The van der Waals surface area contributed by atoms with Gasteiger partial charge in [0.1, 0.15) is 11.6 Å². The van der Waals surface area contributed by atoms with Gasteiger partial charge in [-0.3, -0.25) is 0 Å². The van der Waals surface area contributed by atoms with Crippen LogP contribution in [0.1, 0.15) is 30.6 Å². The Kier molecular flexibility index (Phi) is 2.79. The predicted molar refractivity (Wildman–Crippen MR) is 74.4 cm³/mol. The summed E-state index contributed by atoms with van der Waals surface area (Å²) in [6, 6.07) is 5.63. The van der Waals surface area contributed by atoms with E-state index in [4.69, 9.17) is 9.72 Å². The second-order valence-corrected chi connectivity index (χ2v) is 5.74. The summed E-state index contributed by atoms with van der Waals surface area (Å²) in [5.41, 5.74) is 1.80. The fraction of sp³-hybridized carbons (Fsp3) is 0.533. The molecule has 1 aromatic heterocycles. The van der Waals surface area contributed by atoms with Crippen molar-refractivity contribution < 1.29 is 9.13 Å². The van der Waals surface area contributed by atoms with Crippen molar-refractivity contribution in [1.82, 2.24) is 14.9 Å². The van der Waals surface area contributed by atoms with Crippen LogP contribution in [-0.2, 0) is 4.74 Å². The van der Waals surface area contributed by atoms with Crippen molar-refractivity contribution in [2.45, 2.75) is 30.8 Å². The first kappa shape index (κ1) is 12.3. The Hall–Kier alpha value is -1.46. The molecular formula is C15H18FN3O. The molecule has 1 saturated carbocycles. The summed E-state index contributed by atoms with van der Waals surface area (Å²) >= 11 is 0. The number of nitrogens with zero attached hydrogens (tertiary/aromatic N) is 2. The molecule has 0 radical (unpaired) electrons. The smallest absolute Gasteiger partial charge is 0.125 e. The van der Waals surface area contributed by atoms with Crippen LogP contribution in [0.5, 0.6) is 0 Å². The van der Waals surface area contributed by atoms with E-state index in [0.717, 1.165) is 29.7 Å². The van der Waals surface area contributed by atoms with Crippen LogP contribution in [0, 0.1) is 5.82 Å². The van der Waals surface area contributed by atoms with Crippen molar-refractivity contribution >= 4 is 11.0 Å². The molecule has 1 N–H and O–H groups in total. The molecule has 0 amide bonds. The third-order valence-electron chi connectivity index (χ3n) is 4.37. The topological polar surface area (TPSA) is 39.1 Å². The molecule has 1 aromatic carbocycles. The molecule has 2 heterocycles. The van der Waals surface area contributed by atoms with Gasteiger partial charge in [0, 0.05) is 12.1 Å². The Morgan fingerprint density at radius 2 is 2.20 bits per heavy atom. The number of aromatic nitrogens is 2. The average molecular weight is 275 g/mol. The fourth-order valence-electron chi connectivity index (χ4n) is 3.16. The van der Waals surface area contributed by atoms with E-state index in [0.29, 0.717) is 19.3 Å². The molecule has 2 atom stereocenters. The first-order chi connectivity index (χ1) is 9.78.